The van der Waals surface area contributed by atoms with Crippen LogP contribution in [0.15, 0.2) is 30.3 Å². The minimum atomic E-state index is 0.479. The fourth-order valence-corrected chi connectivity index (χ4v) is 3.38. The third-order valence-corrected chi connectivity index (χ3v) is 4.96. The summed E-state index contributed by atoms with van der Waals surface area (Å²) in [5.41, 5.74) is 5.25. The third kappa shape index (κ3) is 2.94. The minimum Gasteiger partial charge on any atom is -0.297 e. The van der Waals surface area contributed by atoms with Gasteiger partial charge in [-0.1, -0.05) is 30.3 Å². The molecule has 0 unspecified atom stereocenters. The normalized spacial score (nSPS) is 20.5. The molecule has 0 saturated carbocycles. The van der Waals surface area contributed by atoms with Crippen molar-refractivity contribution >= 4 is 0 Å². The lowest BCUT2D eigenvalue weighted by Crippen LogP contribution is -2.46. The Bertz CT molecular complexity index is 632. The Morgan fingerprint density at radius 2 is 1.82 bits per heavy atom. The van der Waals surface area contributed by atoms with Crippen molar-refractivity contribution < 1.29 is 0 Å². The molecule has 0 radical (unpaired) electrons. The maximum atomic E-state index is 4.55. The van der Waals surface area contributed by atoms with Crippen LogP contribution in [0.5, 0.6) is 0 Å². The van der Waals surface area contributed by atoms with E-state index < -0.39 is 0 Å². The second-order valence-corrected chi connectivity index (χ2v) is 6.42. The fraction of sp³-hybridized carbons (Fsp3) is 0.500. The first-order chi connectivity index (χ1) is 10.6. The quantitative estimate of drug-likeness (QED) is 0.870. The molecule has 1 saturated heterocycles. The van der Waals surface area contributed by atoms with Crippen molar-refractivity contribution in [1.82, 2.24) is 19.6 Å². The van der Waals surface area contributed by atoms with E-state index in [1.54, 1.807) is 0 Å². The molecule has 0 N–H and O–H groups in total. The van der Waals surface area contributed by atoms with Crippen LogP contribution in [0.3, 0.4) is 0 Å². The summed E-state index contributed by atoms with van der Waals surface area (Å²) in [5.74, 6) is 0. The van der Waals surface area contributed by atoms with Gasteiger partial charge in [0.1, 0.15) is 0 Å². The summed E-state index contributed by atoms with van der Waals surface area (Å²) in [6.45, 7) is 8.59. The van der Waals surface area contributed by atoms with Crippen molar-refractivity contribution in [1.29, 1.82) is 0 Å². The van der Waals surface area contributed by atoms with Gasteiger partial charge in [-0.15, -0.1) is 0 Å². The van der Waals surface area contributed by atoms with E-state index in [2.05, 4.69) is 66.1 Å². The number of rotatable bonds is 3. The van der Waals surface area contributed by atoms with Crippen LogP contribution in [-0.2, 0) is 13.6 Å². The number of hydrogen-bond donors (Lipinski definition) is 0. The molecule has 0 amide bonds. The molecule has 0 bridgehead atoms. The molecule has 118 valence electrons. The summed E-state index contributed by atoms with van der Waals surface area (Å²) < 4.78 is 2.00. The largest absolute Gasteiger partial charge is 0.297 e. The smallest absolute Gasteiger partial charge is 0.0641 e. The molecular formula is C18H26N4. The number of nitrogens with zero attached hydrogens (tertiary/aromatic N) is 4. The maximum Gasteiger partial charge on any atom is 0.0641 e. The predicted octanol–water partition coefficient (Wildman–Crippen LogP) is 2.53. The van der Waals surface area contributed by atoms with Crippen molar-refractivity contribution in [2.24, 2.45) is 7.05 Å². The Hall–Kier alpha value is -1.65. The third-order valence-electron chi connectivity index (χ3n) is 4.96. The number of aryl methyl sites for hydroxylation is 2. The number of benzene rings is 1. The first-order valence-electron chi connectivity index (χ1n) is 8.03. The highest BCUT2D eigenvalue weighted by Crippen LogP contribution is 2.25. The molecule has 1 aliphatic heterocycles. The molecule has 1 atom stereocenters. The van der Waals surface area contributed by atoms with Gasteiger partial charge in [-0.25, -0.2) is 0 Å². The number of hydrogen-bond acceptors (Lipinski definition) is 3. The zero-order valence-corrected chi connectivity index (χ0v) is 14.1. The van der Waals surface area contributed by atoms with Crippen LogP contribution < -0.4 is 0 Å². The molecule has 3 rings (SSSR count). The first kappa shape index (κ1) is 15.3. The summed E-state index contributed by atoms with van der Waals surface area (Å²) in [5, 5.41) is 4.55. The van der Waals surface area contributed by atoms with Crippen LogP contribution in [0.2, 0.25) is 0 Å². The number of aromatic nitrogens is 2. The van der Waals surface area contributed by atoms with Gasteiger partial charge in [-0.2, -0.15) is 5.10 Å². The van der Waals surface area contributed by atoms with Gasteiger partial charge in [-0.3, -0.25) is 14.5 Å². The molecule has 4 heteroatoms. The van der Waals surface area contributed by atoms with Crippen molar-refractivity contribution in [3.63, 3.8) is 0 Å². The first-order valence-corrected chi connectivity index (χ1v) is 8.03. The highest BCUT2D eigenvalue weighted by molar-refractivity contribution is 5.25. The molecule has 0 aliphatic carbocycles. The number of piperazine rings is 1. The van der Waals surface area contributed by atoms with Gasteiger partial charge in [0.25, 0.3) is 0 Å². The van der Waals surface area contributed by atoms with Crippen molar-refractivity contribution in [2.75, 3.05) is 26.7 Å². The van der Waals surface area contributed by atoms with Gasteiger partial charge in [0, 0.05) is 50.5 Å². The van der Waals surface area contributed by atoms with Gasteiger partial charge in [-0.05, 0) is 26.5 Å². The van der Waals surface area contributed by atoms with Gasteiger partial charge in [0.2, 0.25) is 0 Å². The molecule has 0 spiro atoms. The SMILES string of the molecule is Cc1nn(C)c(C)c1CN1CCN(C)[C@@H](c2ccccc2)C1. The Kier molecular flexibility index (Phi) is 4.32. The van der Waals surface area contributed by atoms with E-state index >= 15 is 0 Å². The van der Waals surface area contributed by atoms with E-state index in [0.29, 0.717) is 6.04 Å². The van der Waals surface area contributed by atoms with Gasteiger partial charge >= 0.3 is 0 Å². The van der Waals surface area contributed by atoms with E-state index in [9.17, 15) is 0 Å². The Morgan fingerprint density at radius 1 is 1.09 bits per heavy atom. The fourth-order valence-electron chi connectivity index (χ4n) is 3.38. The van der Waals surface area contributed by atoms with E-state index in [1.165, 1.54) is 16.8 Å². The van der Waals surface area contributed by atoms with Crippen molar-refractivity contribution in [2.45, 2.75) is 26.4 Å². The van der Waals surface area contributed by atoms with Gasteiger partial charge < -0.3 is 0 Å². The molecule has 4 nitrogen and oxygen atoms in total. The zero-order chi connectivity index (χ0) is 15.7. The molecule has 1 aromatic heterocycles. The Balaban J connectivity index is 1.76. The molecule has 2 heterocycles. The molecular weight excluding hydrogens is 272 g/mol. The van der Waals surface area contributed by atoms with E-state index in [-0.39, 0.29) is 0 Å². The molecule has 22 heavy (non-hydrogen) atoms. The van der Waals surface area contributed by atoms with Crippen molar-refractivity contribution in [3.8, 4) is 0 Å². The zero-order valence-electron chi connectivity index (χ0n) is 14.1. The topological polar surface area (TPSA) is 24.3 Å². The van der Waals surface area contributed by atoms with E-state index in [0.717, 1.165) is 31.9 Å². The summed E-state index contributed by atoms with van der Waals surface area (Å²) in [6.07, 6.45) is 0. The second-order valence-electron chi connectivity index (χ2n) is 6.42. The molecule has 2 aromatic rings. The molecule has 1 aliphatic rings. The average molecular weight is 298 g/mol. The summed E-state index contributed by atoms with van der Waals surface area (Å²) in [6, 6.07) is 11.3. The summed E-state index contributed by atoms with van der Waals surface area (Å²) in [4.78, 5) is 5.03. The van der Waals surface area contributed by atoms with Crippen LogP contribution in [0.1, 0.15) is 28.6 Å². The molecule has 1 fully saturated rings. The average Bonchev–Trinajstić information content (AvgIpc) is 2.76. The number of likely N-dealkylation sites (N-methyl/N-ethyl adjacent to an activating group) is 1. The van der Waals surface area contributed by atoms with E-state index in [4.69, 9.17) is 0 Å². The summed E-state index contributed by atoms with van der Waals surface area (Å²) in [7, 11) is 4.26. The Morgan fingerprint density at radius 3 is 2.45 bits per heavy atom. The van der Waals surface area contributed by atoms with Crippen LogP contribution in [0.4, 0.5) is 0 Å². The Labute approximate surface area is 133 Å². The monoisotopic (exact) mass is 298 g/mol. The second kappa shape index (κ2) is 6.23. The highest BCUT2D eigenvalue weighted by Gasteiger charge is 2.26. The summed E-state index contributed by atoms with van der Waals surface area (Å²) >= 11 is 0. The maximum absolute atomic E-state index is 4.55. The van der Waals surface area contributed by atoms with Crippen LogP contribution >= 0.6 is 0 Å². The lowest BCUT2D eigenvalue weighted by molar-refractivity contribution is 0.0902. The van der Waals surface area contributed by atoms with Gasteiger partial charge in [0.05, 0.1) is 5.69 Å². The standard InChI is InChI=1S/C18H26N4/c1-14-17(15(2)21(4)19-14)12-22-11-10-20(3)18(13-22)16-8-6-5-7-9-16/h5-9,18H,10-13H2,1-4H3/t18-/m1/s1. The van der Waals surface area contributed by atoms with Crippen LogP contribution in [-0.4, -0.2) is 46.3 Å². The predicted molar refractivity (Wildman–Crippen MR) is 89.8 cm³/mol. The van der Waals surface area contributed by atoms with E-state index in [1.807, 2.05) is 11.7 Å². The van der Waals surface area contributed by atoms with Crippen LogP contribution in [0.25, 0.3) is 0 Å². The molecule has 1 aromatic carbocycles. The lowest BCUT2D eigenvalue weighted by Gasteiger charge is -2.39. The lowest BCUT2D eigenvalue weighted by atomic mass is 10.0. The minimum absolute atomic E-state index is 0.479. The van der Waals surface area contributed by atoms with Gasteiger partial charge in [0.15, 0.2) is 0 Å². The van der Waals surface area contributed by atoms with Crippen molar-refractivity contribution in [3.05, 3.63) is 52.8 Å². The van der Waals surface area contributed by atoms with Crippen LogP contribution in [0, 0.1) is 13.8 Å². The highest BCUT2D eigenvalue weighted by atomic mass is 15.3.